The van der Waals surface area contributed by atoms with E-state index in [9.17, 15) is 9.59 Å². The Labute approximate surface area is 152 Å². The maximum Gasteiger partial charge on any atom is 0.313 e. The van der Waals surface area contributed by atoms with Gasteiger partial charge in [-0.2, -0.15) is 0 Å². The number of ether oxygens (including phenoxy) is 2. The molecule has 1 unspecified atom stereocenters. The van der Waals surface area contributed by atoms with E-state index in [0.717, 1.165) is 23.4 Å². The van der Waals surface area contributed by atoms with E-state index in [1.165, 1.54) is 7.11 Å². The fourth-order valence-corrected chi connectivity index (χ4v) is 2.46. The van der Waals surface area contributed by atoms with E-state index in [1.807, 2.05) is 31.2 Å². The van der Waals surface area contributed by atoms with Gasteiger partial charge >= 0.3 is 5.97 Å². The summed E-state index contributed by atoms with van der Waals surface area (Å²) in [6, 6.07) is 7.69. The van der Waals surface area contributed by atoms with Crippen molar-refractivity contribution in [2.75, 3.05) is 27.4 Å². The average Bonchev–Trinajstić information content (AvgIpc) is 2.59. The molecule has 1 aromatic rings. The molecule has 0 saturated carbocycles. The lowest BCUT2D eigenvalue weighted by Gasteiger charge is -2.25. The molecule has 0 aromatic heterocycles. The normalized spacial score (nSPS) is 13.3. The number of benzene rings is 1. The van der Waals surface area contributed by atoms with Crippen LogP contribution in [0.15, 0.2) is 28.7 Å². The van der Waals surface area contributed by atoms with E-state index in [1.54, 1.807) is 13.8 Å². The maximum atomic E-state index is 11.6. The summed E-state index contributed by atoms with van der Waals surface area (Å²) >= 11 is 3.42. The molecule has 1 aromatic carbocycles. The molecule has 0 heterocycles. The highest BCUT2D eigenvalue weighted by Gasteiger charge is 2.30. The second-order valence-electron chi connectivity index (χ2n) is 6.22. The Bertz CT molecular complexity index is 530. The van der Waals surface area contributed by atoms with Gasteiger partial charge in [-0.05, 0) is 44.9 Å². The van der Waals surface area contributed by atoms with Gasteiger partial charge < -0.3 is 19.4 Å². The molecular formula is C18H27BrO5. The Kier molecular flexibility index (Phi) is 10.0. The Morgan fingerprint density at radius 3 is 2.42 bits per heavy atom. The quantitative estimate of drug-likeness (QED) is 0.410. The number of methoxy groups -OCH3 is 1. The summed E-state index contributed by atoms with van der Waals surface area (Å²) in [7, 11) is 2.36. The number of hydrogen-bond acceptors (Lipinski definition) is 5. The van der Waals surface area contributed by atoms with E-state index >= 15 is 0 Å². The van der Waals surface area contributed by atoms with Crippen LogP contribution >= 0.6 is 15.9 Å². The number of rotatable bonds is 8. The van der Waals surface area contributed by atoms with Crippen molar-refractivity contribution in [2.24, 2.45) is 5.41 Å². The average molecular weight is 403 g/mol. The number of aldehydes is 1. The number of carbonyl (C=O) groups excluding carboxylic acids is 2. The Morgan fingerprint density at radius 2 is 1.92 bits per heavy atom. The number of hydrogen-bond donors (Lipinski definition) is 1. The van der Waals surface area contributed by atoms with Crippen LogP contribution in [0.3, 0.4) is 0 Å². The first-order valence-corrected chi connectivity index (χ1v) is 8.38. The van der Waals surface area contributed by atoms with Gasteiger partial charge in [-0.1, -0.05) is 28.1 Å². The van der Waals surface area contributed by atoms with Crippen LogP contribution in [0.1, 0.15) is 32.8 Å². The van der Waals surface area contributed by atoms with Crippen LogP contribution in [0.25, 0.3) is 0 Å². The Balaban J connectivity index is 0.00000254. The van der Waals surface area contributed by atoms with Gasteiger partial charge in [0, 0.05) is 18.2 Å². The highest BCUT2D eigenvalue weighted by molar-refractivity contribution is 9.10. The number of carbonyl (C=O) groups is 2. The minimum absolute atomic E-state index is 0.257. The predicted octanol–water partition coefficient (Wildman–Crippen LogP) is 3.12. The summed E-state index contributed by atoms with van der Waals surface area (Å²) in [4.78, 5) is 23.1. The monoisotopic (exact) mass is 402 g/mol. The second kappa shape index (κ2) is 10.6. The largest absolute Gasteiger partial charge is 0.469 e. The Hall–Kier alpha value is -1.24. The molecule has 0 radical (unpaired) electrons. The van der Waals surface area contributed by atoms with Crippen molar-refractivity contribution in [3.8, 4) is 0 Å². The van der Waals surface area contributed by atoms with Crippen molar-refractivity contribution in [1.29, 1.82) is 0 Å². The van der Waals surface area contributed by atoms with Crippen LogP contribution in [0.4, 0.5) is 0 Å². The van der Waals surface area contributed by atoms with Crippen molar-refractivity contribution in [1.82, 2.24) is 0 Å². The lowest BCUT2D eigenvalue weighted by molar-refractivity contribution is -0.154. The van der Waals surface area contributed by atoms with Crippen LogP contribution in [-0.2, 0) is 24.5 Å². The molecule has 0 aliphatic rings. The molecular weight excluding hydrogens is 376 g/mol. The molecule has 136 valence electrons. The van der Waals surface area contributed by atoms with Crippen LogP contribution in [0.5, 0.6) is 0 Å². The number of aliphatic hydroxyl groups excluding tert-OH is 1. The lowest BCUT2D eigenvalue weighted by Crippen LogP contribution is -2.32. The molecule has 6 heteroatoms. The molecule has 1 atom stereocenters. The molecule has 0 saturated heterocycles. The van der Waals surface area contributed by atoms with Gasteiger partial charge in [-0.3, -0.25) is 4.79 Å². The van der Waals surface area contributed by atoms with Crippen molar-refractivity contribution >= 4 is 28.2 Å². The molecule has 0 amide bonds. The minimum atomic E-state index is -0.692. The minimum Gasteiger partial charge on any atom is -0.469 e. The third kappa shape index (κ3) is 6.71. The summed E-state index contributed by atoms with van der Waals surface area (Å²) in [5.41, 5.74) is -0.367. The van der Waals surface area contributed by atoms with E-state index < -0.39 is 10.8 Å². The zero-order valence-electron chi connectivity index (χ0n) is 15.0. The second-order valence-corrected chi connectivity index (χ2v) is 7.14. The smallest absolute Gasteiger partial charge is 0.313 e. The van der Waals surface area contributed by atoms with Gasteiger partial charge in [-0.25, -0.2) is 0 Å². The van der Waals surface area contributed by atoms with Gasteiger partial charge in [-0.15, -0.1) is 0 Å². The molecule has 0 spiro atoms. The molecule has 1 N–H and O–H groups in total. The third-order valence-corrected chi connectivity index (χ3v) is 4.20. The fourth-order valence-electron chi connectivity index (χ4n) is 2.06. The predicted molar refractivity (Wildman–Crippen MR) is 96.9 cm³/mol. The van der Waals surface area contributed by atoms with Crippen LogP contribution in [-0.4, -0.2) is 44.8 Å². The zero-order valence-corrected chi connectivity index (χ0v) is 16.6. The zero-order chi connectivity index (χ0) is 18.8. The van der Waals surface area contributed by atoms with Gasteiger partial charge in [0.25, 0.3) is 0 Å². The Morgan fingerprint density at radius 1 is 1.29 bits per heavy atom. The standard InChI is InChI=1S/C17H23BrO4.CH4O/c1-16(2,15(20)21-4)12-22-9-8-17(3,11-19)13-6-5-7-14(18)10-13;1-2/h5-7,10-11H,8-9,12H2,1-4H3;2H,1H3. The van der Waals surface area contributed by atoms with E-state index in [2.05, 4.69) is 15.9 Å². The van der Waals surface area contributed by atoms with E-state index in [-0.39, 0.29) is 12.6 Å². The third-order valence-electron chi connectivity index (χ3n) is 3.71. The fraction of sp³-hybridized carbons (Fsp3) is 0.556. The summed E-state index contributed by atoms with van der Waals surface area (Å²) in [5.74, 6) is -0.308. The molecule has 24 heavy (non-hydrogen) atoms. The first-order valence-electron chi connectivity index (χ1n) is 7.58. The molecule has 1 rings (SSSR count). The first kappa shape index (κ1) is 22.8. The lowest BCUT2D eigenvalue weighted by atomic mass is 9.81. The van der Waals surface area contributed by atoms with Crippen molar-refractivity contribution < 1.29 is 24.2 Å². The number of esters is 1. The van der Waals surface area contributed by atoms with E-state index in [4.69, 9.17) is 14.6 Å². The number of halogens is 1. The van der Waals surface area contributed by atoms with Crippen molar-refractivity contribution in [3.63, 3.8) is 0 Å². The van der Waals surface area contributed by atoms with E-state index in [0.29, 0.717) is 13.0 Å². The van der Waals surface area contributed by atoms with Crippen LogP contribution in [0, 0.1) is 5.41 Å². The van der Waals surface area contributed by atoms with Gasteiger partial charge in [0.2, 0.25) is 0 Å². The van der Waals surface area contributed by atoms with Gasteiger partial charge in [0.15, 0.2) is 0 Å². The maximum absolute atomic E-state index is 11.6. The van der Waals surface area contributed by atoms with Crippen LogP contribution < -0.4 is 0 Å². The first-order chi connectivity index (χ1) is 11.2. The summed E-state index contributed by atoms with van der Waals surface area (Å²) < 4.78 is 11.3. The molecule has 0 fully saturated rings. The topological polar surface area (TPSA) is 72.8 Å². The van der Waals surface area contributed by atoms with Gasteiger partial charge in [0.1, 0.15) is 6.29 Å². The SMILES string of the molecule is CO.COC(=O)C(C)(C)COCCC(C)(C=O)c1cccc(Br)c1. The molecule has 0 aliphatic carbocycles. The highest BCUT2D eigenvalue weighted by Crippen LogP contribution is 2.28. The number of aliphatic hydroxyl groups is 1. The summed E-state index contributed by atoms with van der Waals surface area (Å²) in [6.45, 7) is 6.07. The van der Waals surface area contributed by atoms with Crippen LogP contribution in [0.2, 0.25) is 0 Å². The highest BCUT2D eigenvalue weighted by atomic mass is 79.9. The van der Waals surface area contributed by atoms with Crippen molar-refractivity contribution in [3.05, 3.63) is 34.3 Å². The molecule has 0 bridgehead atoms. The summed E-state index contributed by atoms with van der Waals surface area (Å²) in [6.07, 6.45) is 1.49. The molecule has 0 aliphatic heterocycles. The van der Waals surface area contributed by atoms with Gasteiger partial charge in [0.05, 0.1) is 24.5 Å². The summed E-state index contributed by atoms with van der Waals surface area (Å²) in [5, 5.41) is 7.00. The molecule has 5 nitrogen and oxygen atoms in total. The van der Waals surface area contributed by atoms with Crippen molar-refractivity contribution in [2.45, 2.75) is 32.6 Å².